The lowest BCUT2D eigenvalue weighted by atomic mass is 9.82. The van der Waals surface area contributed by atoms with E-state index in [0.717, 1.165) is 16.9 Å². The minimum atomic E-state index is -5.07. The summed E-state index contributed by atoms with van der Waals surface area (Å²) in [5, 5.41) is 11.6. The normalized spacial score (nSPS) is 20.0. The Morgan fingerprint density at radius 2 is 1.54 bits per heavy atom. The van der Waals surface area contributed by atoms with Crippen LogP contribution in [0.5, 0.6) is 0 Å². The summed E-state index contributed by atoms with van der Waals surface area (Å²) < 4.78 is 127. The number of halogens is 9. The number of rotatable bonds is 7. The molecule has 7 nitrogen and oxygen atoms in total. The van der Waals surface area contributed by atoms with Gasteiger partial charge in [0.15, 0.2) is 0 Å². The van der Waals surface area contributed by atoms with Crippen molar-refractivity contribution < 1.29 is 44.3 Å². The van der Waals surface area contributed by atoms with Gasteiger partial charge in [0.25, 0.3) is 5.95 Å². The topological polar surface area (TPSA) is 59.3 Å². The number of ether oxygens (including phenoxy) is 1. The van der Waals surface area contributed by atoms with Crippen molar-refractivity contribution >= 4 is 5.95 Å². The maximum absolute atomic E-state index is 13.7. The van der Waals surface area contributed by atoms with Crippen LogP contribution in [0.3, 0.4) is 0 Å². The largest absolute Gasteiger partial charge is 0.416 e. The molecule has 2 unspecified atom stereocenters. The highest BCUT2D eigenvalue weighted by atomic mass is 19.4. The third-order valence-electron chi connectivity index (χ3n) is 7.12. The molecule has 2 aromatic rings. The molecule has 1 aliphatic heterocycles. The van der Waals surface area contributed by atoms with E-state index >= 15 is 0 Å². The van der Waals surface area contributed by atoms with Gasteiger partial charge in [-0.05, 0) is 54.0 Å². The average Bonchev–Trinajstić information content (AvgIpc) is 3.33. The SMILES string of the molecule is CC(C1CC=C(C(F)(F)F)C=C1CN(Cc1cc(C(F)(F)F)cc(C(F)(F)F)c1)c1nnn(C)n1)N1CCOCC1. The molecule has 0 bridgehead atoms. The summed E-state index contributed by atoms with van der Waals surface area (Å²) in [6.45, 7) is 3.03. The van der Waals surface area contributed by atoms with Gasteiger partial charge in [-0.1, -0.05) is 11.2 Å². The van der Waals surface area contributed by atoms with Crippen molar-refractivity contribution in [3.63, 3.8) is 0 Å². The van der Waals surface area contributed by atoms with E-state index in [1.807, 2.05) is 6.92 Å². The molecular formula is C25H27F9N6O. The predicted octanol–water partition coefficient (Wildman–Crippen LogP) is 5.41. The first-order valence-corrected chi connectivity index (χ1v) is 12.6. The number of aromatic nitrogens is 4. The molecule has 16 heteroatoms. The van der Waals surface area contributed by atoms with Gasteiger partial charge in [-0.3, -0.25) is 4.90 Å². The number of morpholine rings is 1. The van der Waals surface area contributed by atoms with Crippen LogP contribution in [-0.4, -0.2) is 70.2 Å². The number of anilines is 1. The molecule has 2 heterocycles. The zero-order valence-electron chi connectivity index (χ0n) is 22.0. The molecule has 0 N–H and O–H groups in total. The Bertz CT molecular complexity index is 1240. The van der Waals surface area contributed by atoms with Gasteiger partial charge in [-0.25, -0.2) is 0 Å². The van der Waals surface area contributed by atoms with Crippen molar-refractivity contribution in [2.45, 2.75) is 44.5 Å². The van der Waals surface area contributed by atoms with Crippen LogP contribution in [-0.2, 0) is 30.7 Å². The van der Waals surface area contributed by atoms with Crippen LogP contribution < -0.4 is 4.90 Å². The van der Waals surface area contributed by atoms with Gasteiger partial charge in [0.1, 0.15) is 0 Å². The second kappa shape index (κ2) is 11.6. The highest BCUT2D eigenvalue weighted by molar-refractivity contribution is 5.42. The van der Waals surface area contributed by atoms with E-state index in [4.69, 9.17) is 4.74 Å². The molecule has 41 heavy (non-hydrogen) atoms. The first-order valence-electron chi connectivity index (χ1n) is 12.6. The molecule has 0 radical (unpaired) electrons. The number of hydrogen-bond acceptors (Lipinski definition) is 6. The van der Waals surface area contributed by atoms with Crippen LogP contribution >= 0.6 is 0 Å². The first-order chi connectivity index (χ1) is 19.0. The molecule has 4 rings (SSSR count). The summed E-state index contributed by atoms with van der Waals surface area (Å²) in [4.78, 5) is 4.33. The number of alkyl halides is 9. The van der Waals surface area contributed by atoms with E-state index in [2.05, 4.69) is 20.3 Å². The molecule has 1 saturated heterocycles. The van der Waals surface area contributed by atoms with Gasteiger partial charge >= 0.3 is 18.5 Å². The number of tetrazole rings is 1. The molecule has 1 aromatic carbocycles. The van der Waals surface area contributed by atoms with E-state index in [-0.39, 0.29) is 42.2 Å². The van der Waals surface area contributed by atoms with E-state index in [1.54, 1.807) is 0 Å². The van der Waals surface area contributed by atoms with Crippen molar-refractivity contribution in [1.29, 1.82) is 0 Å². The smallest absolute Gasteiger partial charge is 0.379 e. The van der Waals surface area contributed by atoms with E-state index in [0.29, 0.717) is 38.4 Å². The van der Waals surface area contributed by atoms with Gasteiger partial charge in [0.05, 0.1) is 37.0 Å². The number of nitrogens with zero attached hydrogens (tertiary/aromatic N) is 6. The third-order valence-corrected chi connectivity index (χ3v) is 7.12. The summed E-state index contributed by atoms with van der Waals surface area (Å²) in [6.07, 6.45) is -12.7. The maximum atomic E-state index is 13.7. The summed E-state index contributed by atoms with van der Waals surface area (Å²) in [6, 6.07) is 0.919. The van der Waals surface area contributed by atoms with Crippen molar-refractivity contribution in [3.05, 3.63) is 58.2 Å². The van der Waals surface area contributed by atoms with Gasteiger partial charge < -0.3 is 9.64 Å². The van der Waals surface area contributed by atoms with Crippen LogP contribution in [0.2, 0.25) is 0 Å². The fourth-order valence-electron chi connectivity index (χ4n) is 5.03. The second-order valence-corrected chi connectivity index (χ2v) is 9.96. The number of hydrogen-bond donors (Lipinski definition) is 0. The number of allylic oxidation sites excluding steroid dienone is 3. The highest BCUT2D eigenvalue weighted by Crippen LogP contribution is 2.39. The van der Waals surface area contributed by atoms with Gasteiger partial charge in [-0.15, -0.1) is 5.10 Å². The van der Waals surface area contributed by atoms with Crippen molar-refractivity contribution in [1.82, 2.24) is 25.1 Å². The predicted molar refractivity (Wildman–Crippen MR) is 128 cm³/mol. The van der Waals surface area contributed by atoms with Crippen LogP contribution in [0, 0.1) is 5.92 Å². The Hall–Kier alpha value is -3.14. The number of aryl methyl sites for hydroxylation is 1. The van der Waals surface area contributed by atoms with Crippen molar-refractivity contribution in [3.8, 4) is 0 Å². The van der Waals surface area contributed by atoms with Crippen LogP contribution in [0.25, 0.3) is 0 Å². The zero-order chi connectivity index (χ0) is 30.2. The van der Waals surface area contributed by atoms with E-state index in [1.165, 1.54) is 11.9 Å². The van der Waals surface area contributed by atoms with Gasteiger partial charge in [0.2, 0.25) is 0 Å². The van der Waals surface area contributed by atoms with Gasteiger partial charge in [-0.2, -0.15) is 44.3 Å². The molecule has 2 atom stereocenters. The number of benzene rings is 1. The fraction of sp³-hybridized carbons (Fsp3) is 0.560. The Morgan fingerprint density at radius 1 is 0.927 bits per heavy atom. The van der Waals surface area contributed by atoms with Gasteiger partial charge in [0, 0.05) is 38.1 Å². The van der Waals surface area contributed by atoms with Crippen molar-refractivity contribution in [2.24, 2.45) is 13.0 Å². The molecule has 1 aromatic heterocycles. The minimum absolute atomic E-state index is 0.0124. The molecule has 1 fully saturated rings. The minimum Gasteiger partial charge on any atom is -0.379 e. The Labute approximate surface area is 229 Å². The fourth-order valence-corrected chi connectivity index (χ4v) is 5.03. The lowest BCUT2D eigenvalue weighted by Gasteiger charge is -2.40. The molecule has 0 amide bonds. The molecule has 0 spiro atoms. The molecule has 226 valence electrons. The van der Waals surface area contributed by atoms with Crippen molar-refractivity contribution in [2.75, 3.05) is 37.7 Å². The summed E-state index contributed by atoms with van der Waals surface area (Å²) in [5.41, 5.74) is -3.99. The zero-order valence-corrected chi connectivity index (χ0v) is 22.0. The summed E-state index contributed by atoms with van der Waals surface area (Å²) >= 11 is 0. The quantitative estimate of drug-likeness (QED) is 0.398. The molecular weight excluding hydrogens is 571 g/mol. The third kappa shape index (κ3) is 7.58. The second-order valence-electron chi connectivity index (χ2n) is 9.96. The average molecular weight is 599 g/mol. The van der Waals surface area contributed by atoms with E-state index < -0.39 is 47.7 Å². The van der Waals surface area contributed by atoms with Crippen LogP contribution in [0.1, 0.15) is 30.0 Å². The van der Waals surface area contributed by atoms with Crippen LogP contribution in [0.4, 0.5) is 45.5 Å². The maximum Gasteiger partial charge on any atom is 0.416 e. The van der Waals surface area contributed by atoms with E-state index in [9.17, 15) is 39.5 Å². The summed E-state index contributed by atoms with van der Waals surface area (Å²) in [7, 11) is 1.40. The van der Waals surface area contributed by atoms with Crippen LogP contribution in [0.15, 0.2) is 41.5 Å². The standard InChI is InChI=1S/C25H27F9N6O/c1-15(39-5-7-41-8-6-39)21-4-3-18(23(26,27)28)11-17(21)14-40(22-35-37-38(2)36-22)13-16-9-19(24(29,30)31)12-20(10-16)25(32,33)34/h3,9-12,15,21H,4-8,13-14H2,1-2H3. The first kappa shape index (κ1) is 30.8. The Kier molecular flexibility index (Phi) is 8.73. The Morgan fingerprint density at radius 3 is 2.05 bits per heavy atom. The lowest BCUT2D eigenvalue weighted by molar-refractivity contribution is -0.143. The Balaban J connectivity index is 1.73. The molecule has 2 aliphatic rings. The highest BCUT2D eigenvalue weighted by Gasteiger charge is 2.39. The monoisotopic (exact) mass is 598 g/mol. The summed E-state index contributed by atoms with van der Waals surface area (Å²) in [5.74, 6) is -0.606. The molecule has 1 aliphatic carbocycles. The molecule has 0 saturated carbocycles. The lowest BCUT2D eigenvalue weighted by Crippen LogP contribution is -2.47.